The number of carbonyl (C=O) groups excluding carboxylic acids is 2. The fourth-order valence-corrected chi connectivity index (χ4v) is 5.37. The van der Waals surface area contributed by atoms with Gasteiger partial charge >= 0.3 is 5.97 Å². The number of esters is 1. The molecule has 0 aromatic carbocycles. The van der Waals surface area contributed by atoms with Crippen molar-refractivity contribution in [1.82, 2.24) is 0 Å². The van der Waals surface area contributed by atoms with E-state index in [4.69, 9.17) is 14.2 Å². The van der Waals surface area contributed by atoms with Gasteiger partial charge in [0.2, 0.25) is 0 Å². The van der Waals surface area contributed by atoms with Crippen LogP contribution in [0, 0.1) is 10.8 Å². The van der Waals surface area contributed by atoms with Gasteiger partial charge < -0.3 is 29.5 Å². The summed E-state index contributed by atoms with van der Waals surface area (Å²) >= 11 is 0. The SMILES string of the molecule is CC(=O)O[C@@H]1[C@@H](O)[C@H]2O[C@@H]3C=C(C)C(=O)[C@H](O)[C@]3(CO)[C@]1(C)[C@]21CO1. The third-order valence-corrected chi connectivity index (χ3v) is 6.83. The van der Waals surface area contributed by atoms with Crippen LogP contribution in [0.3, 0.4) is 0 Å². The number of rotatable bonds is 2. The molecule has 8 heteroatoms. The Morgan fingerprint density at radius 2 is 2.08 bits per heavy atom. The first-order chi connectivity index (χ1) is 11.7. The lowest BCUT2D eigenvalue weighted by atomic mass is 9.50. The molecule has 2 saturated heterocycles. The fourth-order valence-electron chi connectivity index (χ4n) is 5.37. The second-order valence-electron chi connectivity index (χ2n) is 7.69. The molecule has 0 aromatic rings. The van der Waals surface area contributed by atoms with Crippen LogP contribution in [0.25, 0.3) is 0 Å². The quantitative estimate of drug-likeness (QED) is 0.413. The van der Waals surface area contributed by atoms with Crippen LogP contribution in [0.5, 0.6) is 0 Å². The van der Waals surface area contributed by atoms with E-state index in [9.17, 15) is 24.9 Å². The third-order valence-electron chi connectivity index (χ3n) is 6.83. The molecule has 4 aliphatic rings. The van der Waals surface area contributed by atoms with Crippen LogP contribution in [0.1, 0.15) is 20.8 Å². The topological polar surface area (TPSA) is 126 Å². The minimum absolute atomic E-state index is 0.223. The average Bonchev–Trinajstić information content (AvgIpc) is 3.33. The van der Waals surface area contributed by atoms with E-state index in [1.54, 1.807) is 19.9 Å². The summed E-state index contributed by atoms with van der Waals surface area (Å²) in [5.74, 6) is -1.13. The van der Waals surface area contributed by atoms with Gasteiger partial charge in [0.1, 0.15) is 30.0 Å². The van der Waals surface area contributed by atoms with Crippen molar-refractivity contribution in [2.75, 3.05) is 13.2 Å². The molecule has 3 N–H and O–H groups in total. The molecule has 2 heterocycles. The van der Waals surface area contributed by atoms with E-state index in [0.717, 1.165) is 0 Å². The van der Waals surface area contributed by atoms with Crippen LogP contribution < -0.4 is 0 Å². The zero-order valence-electron chi connectivity index (χ0n) is 14.3. The summed E-state index contributed by atoms with van der Waals surface area (Å²) in [6.45, 7) is 4.11. The smallest absolute Gasteiger partial charge is 0.303 e. The largest absolute Gasteiger partial charge is 0.459 e. The maximum absolute atomic E-state index is 12.5. The summed E-state index contributed by atoms with van der Waals surface area (Å²) in [6.07, 6.45) is -3.87. The van der Waals surface area contributed by atoms with E-state index < -0.39 is 65.3 Å². The molecule has 25 heavy (non-hydrogen) atoms. The normalized spacial score (nSPS) is 53.4. The van der Waals surface area contributed by atoms with Gasteiger partial charge in [0.05, 0.1) is 30.1 Å². The second kappa shape index (κ2) is 4.89. The monoisotopic (exact) mass is 354 g/mol. The maximum Gasteiger partial charge on any atom is 0.303 e. The lowest BCUT2D eigenvalue weighted by Gasteiger charge is -2.58. The van der Waals surface area contributed by atoms with Crippen molar-refractivity contribution in [3.8, 4) is 0 Å². The molecule has 2 bridgehead atoms. The highest BCUT2D eigenvalue weighted by atomic mass is 16.7. The Kier molecular flexibility index (Phi) is 3.35. The molecule has 2 aliphatic carbocycles. The zero-order valence-corrected chi connectivity index (χ0v) is 14.3. The van der Waals surface area contributed by atoms with E-state index in [1.165, 1.54) is 6.92 Å². The summed E-state index contributed by atoms with van der Waals surface area (Å²) in [5, 5.41) is 32.0. The molecular weight excluding hydrogens is 332 g/mol. The van der Waals surface area contributed by atoms with E-state index >= 15 is 0 Å². The van der Waals surface area contributed by atoms with Crippen LogP contribution in [0.15, 0.2) is 11.6 Å². The van der Waals surface area contributed by atoms with Crippen LogP contribution in [0.4, 0.5) is 0 Å². The molecule has 0 amide bonds. The molecule has 138 valence electrons. The summed E-state index contributed by atoms with van der Waals surface area (Å²) in [7, 11) is 0. The Morgan fingerprint density at radius 1 is 1.44 bits per heavy atom. The first kappa shape index (κ1) is 17.1. The van der Waals surface area contributed by atoms with Crippen molar-refractivity contribution >= 4 is 11.8 Å². The van der Waals surface area contributed by atoms with Crippen molar-refractivity contribution in [1.29, 1.82) is 0 Å². The minimum Gasteiger partial charge on any atom is -0.459 e. The van der Waals surface area contributed by atoms with Crippen molar-refractivity contribution in [2.45, 2.75) is 56.9 Å². The lowest BCUT2D eigenvalue weighted by Crippen LogP contribution is -2.72. The number of Topliss-reactive ketones (excluding diaryl/α,β-unsaturated/α-hetero) is 1. The molecule has 2 aliphatic heterocycles. The van der Waals surface area contributed by atoms with Crippen LogP contribution in [-0.4, -0.2) is 76.4 Å². The summed E-state index contributed by atoms with van der Waals surface area (Å²) < 4.78 is 17.1. The molecule has 0 aromatic heterocycles. The number of aliphatic hydroxyl groups excluding tert-OH is 3. The molecular formula is C17H22O8. The predicted octanol–water partition coefficient (Wildman–Crippen LogP) is -1.30. The fraction of sp³-hybridized carbons (Fsp3) is 0.765. The van der Waals surface area contributed by atoms with Gasteiger partial charge in [-0.2, -0.15) is 0 Å². The molecule has 1 saturated carbocycles. The number of epoxide rings is 1. The van der Waals surface area contributed by atoms with Crippen molar-refractivity contribution in [2.24, 2.45) is 10.8 Å². The van der Waals surface area contributed by atoms with Gasteiger partial charge in [-0.15, -0.1) is 0 Å². The van der Waals surface area contributed by atoms with E-state index in [0.29, 0.717) is 5.57 Å². The summed E-state index contributed by atoms with van der Waals surface area (Å²) in [6, 6.07) is 0. The molecule has 8 nitrogen and oxygen atoms in total. The number of fused-ring (bicyclic) bond motifs is 2. The minimum atomic E-state index is -1.57. The lowest BCUT2D eigenvalue weighted by molar-refractivity contribution is -0.255. The van der Waals surface area contributed by atoms with E-state index in [2.05, 4.69) is 0 Å². The van der Waals surface area contributed by atoms with Gasteiger partial charge in [-0.1, -0.05) is 6.92 Å². The number of aliphatic hydroxyl groups is 3. The third kappa shape index (κ3) is 1.65. The highest BCUT2D eigenvalue weighted by Gasteiger charge is 2.87. The number of hydrogen-bond acceptors (Lipinski definition) is 8. The first-order valence-corrected chi connectivity index (χ1v) is 8.33. The Hall–Kier alpha value is -1.32. The van der Waals surface area contributed by atoms with Crippen molar-refractivity contribution in [3.63, 3.8) is 0 Å². The molecule has 0 radical (unpaired) electrons. The molecule has 0 unspecified atom stereocenters. The number of ketones is 1. The Balaban J connectivity index is 1.96. The van der Waals surface area contributed by atoms with Gasteiger partial charge in [0.25, 0.3) is 0 Å². The van der Waals surface area contributed by atoms with Gasteiger partial charge in [0.15, 0.2) is 5.78 Å². The number of ether oxygens (including phenoxy) is 3. The van der Waals surface area contributed by atoms with Crippen LogP contribution in [0.2, 0.25) is 0 Å². The van der Waals surface area contributed by atoms with E-state index in [1.807, 2.05) is 0 Å². The Bertz CT molecular complexity index is 682. The highest BCUT2D eigenvalue weighted by Crippen LogP contribution is 2.71. The molecule has 1 spiro atoms. The molecule has 3 fully saturated rings. The predicted molar refractivity (Wildman–Crippen MR) is 81.3 cm³/mol. The first-order valence-electron chi connectivity index (χ1n) is 8.33. The molecule has 4 rings (SSSR count). The Labute approximate surface area is 144 Å². The Morgan fingerprint density at radius 3 is 2.60 bits per heavy atom. The van der Waals surface area contributed by atoms with Gasteiger partial charge in [0, 0.05) is 6.92 Å². The highest BCUT2D eigenvalue weighted by molar-refractivity contribution is 6.00. The summed E-state index contributed by atoms with van der Waals surface area (Å²) in [5.41, 5.74) is -3.39. The van der Waals surface area contributed by atoms with Gasteiger partial charge in [-0.3, -0.25) is 9.59 Å². The number of hydrogen-bond donors (Lipinski definition) is 3. The van der Waals surface area contributed by atoms with Gasteiger partial charge in [-0.25, -0.2) is 0 Å². The van der Waals surface area contributed by atoms with E-state index in [-0.39, 0.29) is 6.61 Å². The van der Waals surface area contributed by atoms with Crippen molar-refractivity contribution in [3.05, 3.63) is 11.6 Å². The molecule has 8 atom stereocenters. The maximum atomic E-state index is 12.5. The standard InChI is InChI=1S/C17H22O8/c1-7-4-9-16(5-18,12(22)10(7)20)15(3)13(24-8(2)19)11(21)14(25-9)17(15)6-23-17/h4,9,11-14,18,21-22H,5-6H2,1-3H3/t9-,11-,12+,13-,14-,15-,16-,17+/m1/s1. The number of carbonyl (C=O) groups is 2. The summed E-state index contributed by atoms with van der Waals surface area (Å²) in [4.78, 5) is 24.1. The zero-order chi connectivity index (χ0) is 18.4. The van der Waals surface area contributed by atoms with Crippen molar-refractivity contribution < 1.29 is 39.1 Å². The second-order valence-corrected chi connectivity index (χ2v) is 7.69. The van der Waals surface area contributed by atoms with Crippen LogP contribution in [-0.2, 0) is 23.8 Å². The van der Waals surface area contributed by atoms with Crippen LogP contribution >= 0.6 is 0 Å². The average molecular weight is 354 g/mol. The van der Waals surface area contributed by atoms with Gasteiger partial charge in [-0.05, 0) is 18.6 Å².